The number of aryl methyl sites for hydroxylation is 2. The second-order valence-corrected chi connectivity index (χ2v) is 7.21. The summed E-state index contributed by atoms with van der Waals surface area (Å²) in [4.78, 5) is 23.9. The lowest BCUT2D eigenvalue weighted by atomic mass is 10.2. The zero-order chi connectivity index (χ0) is 21.6. The summed E-state index contributed by atoms with van der Waals surface area (Å²) < 4.78 is 11.1. The largest absolute Gasteiger partial charge is 0.438 e. The number of nitrogens with one attached hydrogen (secondary N) is 1. The predicted octanol–water partition coefficient (Wildman–Crippen LogP) is 2.44. The van der Waals surface area contributed by atoms with Crippen molar-refractivity contribution in [1.29, 1.82) is 0 Å². The molecule has 0 radical (unpaired) electrons. The lowest BCUT2D eigenvalue weighted by Gasteiger charge is -2.28. The van der Waals surface area contributed by atoms with Gasteiger partial charge in [0.2, 0.25) is 5.88 Å². The van der Waals surface area contributed by atoms with Gasteiger partial charge in [-0.05, 0) is 38.1 Å². The minimum absolute atomic E-state index is 0.229. The van der Waals surface area contributed by atoms with Gasteiger partial charge in [0.1, 0.15) is 17.4 Å². The quantitative estimate of drug-likeness (QED) is 0.649. The number of hydrogen-bond donors (Lipinski definition) is 1. The molecule has 0 bridgehead atoms. The number of amides is 1. The van der Waals surface area contributed by atoms with Gasteiger partial charge >= 0.3 is 0 Å². The minimum atomic E-state index is -0.238. The van der Waals surface area contributed by atoms with Crippen molar-refractivity contribution < 1.29 is 14.3 Å². The lowest BCUT2D eigenvalue weighted by Crippen LogP contribution is -2.37. The summed E-state index contributed by atoms with van der Waals surface area (Å²) in [5, 5.41) is 10.8. The molecule has 4 rings (SSSR count). The van der Waals surface area contributed by atoms with Crippen molar-refractivity contribution in [2.45, 2.75) is 20.4 Å². The van der Waals surface area contributed by atoms with Crippen molar-refractivity contribution in [1.82, 2.24) is 25.5 Å². The van der Waals surface area contributed by atoms with Crippen LogP contribution in [0.3, 0.4) is 0 Å². The Morgan fingerprint density at radius 3 is 2.68 bits per heavy atom. The fraction of sp³-hybridized carbons (Fsp3) is 0.318. The number of aromatic nitrogens is 4. The third-order valence-electron chi connectivity index (χ3n) is 4.72. The molecule has 1 N–H and O–H groups in total. The molecular formula is C22H24N6O3. The smallest absolute Gasteiger partial charge is 0.251 e. The Morgan fingerprint density at radius 2 is 1.90 bits per heavy atom. The Labute approximate surface area is 180 Å². The van der Waals surface area contributed by atoms with E-state index in [2.05, 4.69) is 30.4 Å². The summed E-state index contributed by atoms with van der Waals surface area (Å²) in [5.41, 5.74) is 2.13. The van der Waals surface area contributed by atoms with Gasteiger partial charge in [0.05, 0.1) is 25.5 Å². The highest BCUT2D eigenvalue weighted by molar-refractivity contribution is 5.94. The molecule has 1 amide bonds. The number of carbonyl (C=O) groups is 1. The number of rotatable bonds is 6. The van der Waals surface area contributed by atoms with Crippen LogP contribution in [0.15, 0.2) is 42.5 Å². The molecule has 0 aliphatic carbocycles. The van der Waals surface area contributed by atoms with E-state index in [1.807, 2.05) is 26.0 Å². The van der Waals surface area contributed by atoms with Crippen molar-refractivity contribution in [3.05, 3.63) is 65.2 Å². The summed E-state index contributed by atoms with van der Waals surface area (Å²) in [6.45, 7) is 6.95. The molecule has 0 spiro atoms. The fourth-order valence-corrected chi connectivity index (χ4v) is 3.17. The molecule has 9 nitrogen and oxygen atoms in total. The van der Waals surface area contributed by atoms with Crippen LogP contribution in [0, 0.1) is 13.8 Å². The van der Waals surface area contributed by atoms with Crippen molar-refractivity contribution in [2.75, 3.05) is 31.2 Å². The Morgan fingerprint density at radius 1 is 1.06 bits per heavy atom. The van der Waals surface area contributed by atoms with Gasteiger partial charge in [-0.1, -0.05) is 6.07 Å². The maximum atomic E-state index is 12.7. The molecule has 3 heterocycles. The van der Waals surface area contributed by atoms with Gasteiger partial charge in [0.15, 0.2) is 0 Å². The van der Waals surface area contributed by atoms with Crippen LogP contribution in [0.2, 0.25) is 0 Å². The molecule has 9 heteroatoms. The first-order chi connectivity index (χ1) is 15.1. The first-order valence-corrected chi connectivity index (χ1v) is 10.1. The van der Waals surface area contributed by atoms with Gasteiger partial charge in [-0.15, -0.1) is 5.10 Å². The highest BCUT2D eigenvalue weighted by Gasteiger charge is 2.15. The molecule has 1 fully saturated rings. The van der Waals surface area contributed by atoms with E-state index >= 15 is 0 Å². The molecule has 1 saturated heterocycles. The third-order valence-corrected chi connectivity index (χ3v) is 4.72. The normalized spacial score (nSPS) is 13.7. The maximum Gasteiger partial charge on any atom is 0.251 e. The Hall–Kier alpha value is -3.59. The van der Waals surface area contributed by atoms with Crippen molar-refractivity contribution >= 4 is 11.7 Å². The number of anilines is 1. The number of nitrogens with zero attached hydrogens (tertiary/aromatic N) is 5. The van der Waals surface area contributed by atoms with Crippen LogP contribution >= 0.6 is 0 Å². The Balaban J connectivity index is 1.40. The topological polar surface area (TPSA) is 102 Å². The summed E-state index contributed by atoms with van der Waals surface area (Å²) in [6.07, 6.45) is 0. The number of carbonyl (C=O) groups excluding carboxylic acids is 1. The molecule has 31 heavy (non-hydrogen) atoms. The molecule has 3 aromatic rings. The second-order valence-electron chi connectivity index (χ2n) is 7.21. The van der Waals surface area contributed by atoms with Gasteiger partial charge in [-0.3, -0.25) is 4.79 Å². The molecule has 2 aromatic heterocycles. The Kier molecular flexibility index (Phi) is 6.32. The van der Waals surface area contributed by atoms with E-state index in [0.29, 0.717) is 36.2 Å². The molecule has 160 valence electrons. The van der Waals surface area contributed by atoms with Crippen LogP contribution in [0.25, 0.3) is 0 Å². The van der Waals surface area contributed by atoms with E-state index < -0.39 is 0 Å². The van der Waals surface area contributed by atoms with Crippen LogP contribution in [-0.4, -0.2) is 52.4 Å². The third kappa shape index (κ3) is 5.52. The highest BCUT2D eigenvalue weighted by atomic mass is 16.5. The molecule has 1 aliphatic rings. The SMILES string of the molecule is Cc1ccc(Oc2cccc(C(=O)NCc3nc(C)cc(N4CCOCC4)n3)c2)nn1. The summed E-state index contributed by atoms with van der Waals surface area (Å²) >= 11 is 0. The molecule has 0 atom stereocenters. The molecular weight excluding hydrogens is 396 g/mol. The highest BCUT2D eigenvalue weighted by Crippen LogP contribution is 2.20. The monoisotopic (exact) mass is 420 g/mol. The van der Waals surface area contributed by atoms with Crippen molar-refractivity contribution in [3.8, 4) is 11.6 Å². The zero-order valence-electron chi connectivity index (χ0n) is 17.5. The predicted molar refractivity (Wildman–Crippen MR) is 114 cm³/mol. The van der Waals surface area contributed by atoms with E-state index in [4.69, 9.17) is 9.47 Å². The average Bonchev–Trinajstić information content (AvgIpc) is 2.79. The van der Waals surface area contributed by atoms with Crippen LogP contribution in [0.5, 0.6) is 11.6 Å². The van der Waals surface area contributed by atoms with Crippen LogP contribution in [0.1, 0.15) is 27.6 Å². The van der Waals surface area contributed by atoms with Crippen LogP contribution < -0.4 is 15.0 Å². The Bertz CT molecular complexity index is 1050. The van der Waals surface area contributed by atoms with Gasteiger partial charge in [-0.25, -0.2) is 9.97 Å². The summed E-state index contributed by atoms with van der Waals surface area (Å²) in [7, 11) is 0. The van der Waals surface area contributed by atoms with Gasteiger partial charge < -0.3 is 19.7 Å². The van der Waals surface area contributed by atoms with Gasteiger partial charge in [-0.2, -0.15) is 5.10 Å². The first kappa shape index (κ1) is 20.7. The van der Waals surface area contributed by atoms with Crippen LogP contribution in [-0.2, 0) is 11.3 Å². The van der Waals surface area contributed by atoms with Crippen molar-refractivity contribution in [3.63, 3.8) is 0 Å². The van der Waals surface area contributed by atoms with E-state index in [1.165, 1.54) is 0 Å². The summed E-state index contributed by atoms with van der Waals surface area (Å²) in [6, 6.07) is 12.4. The fourth-order valence-electron chi connectivity index (χ4n) is 3.17. The van der Waals surface area contributed by atoms with E-state index in [-0.39, 0.29) is 12.5 Å². The second kappa shape index (κ2) is 9.48. The minimum Gasteiger partial charge on any atom is -0.438 e. The molecule has 0 unspecified atom stereocenters. The molecule has 1 aliphatic heterocycles. The average molecular weight is 420 g/mol. The number of benzene rings is 1. The molecule has 0 saturated carbocycles. The van der Waals surface area contributed by atoms with E-state index in [1.54, 1.807) is 30.3 Å². The zero-order valence-corrected chi connectivity index (χ0v) is 17.5. The first-order valence-electron chi connectivity index (χ1n) is 10.1. The molecule has 1 aromatic carbocycles. The van der Waals surface area contributed by atoms with E-state index in [0.717, 1.165) is 30.3 Å². The van der Waals surface area contributed by atoms with Crippen LogP contribution in [0.4, 0.5) is 5.82 Å². The number of hydrogen-bond acceptors (Lipinski definition) is 8. The van der Waals surface area contributed by atoms with Gasteiger partial charge in [0.25, 0.3) is 5.91 Å². The standard InChI is InChI=1S/C22H24N6O3/c1-15-6-7-21(27-26-15)31-18-5-3-4-17(13-18)22(29)23-14-19-24-16(2)12-20(25-19)28-8-10-30-11-9-28/h3-7,12-13H,8-11,14H2,1-2H3,(H,23,29). The van der Waals surface area contributed by atoms with Crippen molar-refractivity contribution in [2.24, 2.45) is 0 Å². The van der Waals surface area contributed by atoms with E-state index in [9.17, 15) is 4.79 Å². The maximum absolute atomic E-state index is 12.7. The lowest BCUT2D eigenvalue weighted by molar-refractivity contribution is 0.0949. The van der Waals surface area contributed by atoms with Gasteiger partial charge in [0, 0.05) is 36.5 Å². The number of morpholine rings is 1. The summed E-state index contributed by atoms with van der Waals surface area (Å²) in [5.74, 6) is 2.06. The number of ether oxygens (including phenoxy) is 2.